The molecule has 2 rings (SSSR count). The number of anilines is 1. The molecule has 1 amide bonds. The van der Waals surface area contributed by atoms with E-state index in [1.807, 2.05) is 0 Å². The van der Waals surface area contributed by atoms with Crippen LogP contribution in [-0.4, -0.2) is 23.9 Å². The van der Waals surface area contributed by atoms with Gasteiger partial charge >= 0.3 is 11.9 Å². The molecule has 1 aromatic carbocycles. The fourth-order valence-corrected chi connectivity index (χ4v) is 2.13. The normalized spacial score (nSPS) is 12.8. The van der Waals surface area contributed by atoms with Crippen molar-refractivity contribution in [2.75, 3.05) is 5.32 Å². The maximum Gasteiger partial charge on any atom is 0.338 e. The number of nitrogens with one attached hydrogen (secondary N) is 1. The first-order valence-corrected chi connectivity index (χ1v) is 7.25. The average Bonchev–Trinajstić information content (AvgIpc) is 2.79. The maximum absolute atomic E-state index is 11.8. The molecule has 0 aliphatic carbocycles. The van der Waals surface area contributed by atoms with Crippen LogP contribution in [0.3, 0.4) is 0 Å². The van der Waals surface area contributed by atoms with E-state index in [4.69, 9.17) is 9.47 Å². The Balaban J connectivity index is 1.79. The Morgan fingerprint density at radius 3 is 2.82 bits per heavy atom. The molecule has 6 nitrogen and oxygen atoms in total. The maximum atomic E-state index is 11.8. The van der Waals surface area contributed by atoms with Crippen LogP contribution in [-0.2, 0) is 25.7 Å². The SMILES string of the molecule is CC(C)OC(=O)CCCC(=O)Nc1ccc2c(c1)C(=O)OC2. The van der Waals surface area contributed by atoms with Crippen molar-refractivity contribution >= 4 is 23.5 Å². The largest absolute Gasteiger partial charge is 0.463 e. The summed E-state index contributed by atoms with van der Waals surface area (Å²) in [5, 5.41) is 2.71. The van der Waals surface area contributed by atoms with Gasteiger partial charge in [0.15, 0.2) is 0 Å². The lowest BCUT2D eigenvalue weighted by Gasteiger charge is -2.08. The van der Waals surface area contributed by atoms with E-state index < -0.39 is 0 Å². The summed E-state index contributed by atoms with van der Waals surface area (Å²) in [5.41, 5.74) is 1.85. The number of ether oxygens (including phenoxy) is 2. The molecule has 0 unspecified atom stereocenters. The number of esters is 2. The third kappa shape index (κ3) is 4.31. The van der Waals surface area contributed by atoms with Gasteiger partial charge in [0.1, 0.15) is 6.61 Å². The number of hydrogen-bond donors (Lipinski definition) is 1. The molecular weight excluding hydrogens is 286 g/mol. The Bertz CT molecular complexity index is 594. The average molecular weight is 305 g/mol. The highest BCUT2D eigenvalue weighted by Crippen LogP contribution is 2.23. The summed E-state index contributed by atoms with van der Waals surface area (Å²) in [6, 6.07) is 5.09. The van der Waals surface area contributed by atoms with Crippen molar-refractivity contribution < 1.29 is 23.9 Å². The molecule has 1 heterocycles. The number of fused-ring (bicyclic) bond motifs is 1. The summed E-state index contributed by atoms with van der Waals surface area (Å²) >= 11 is 0. The van der Waals surface area contributed by atoms with Crippen LogP contribution in [0.4, 0.5) is 5.69 Å². The lowest BCUT2D eigenvalue weighted by Crippen LogP contribution is -2.14. The minimum atomic E-state index is -0.373. The Labute approximate surface area is 128 Å². The Morgan fingerprint density at radius 1 is 1.32 bits per heavy atom. The lowest BCUT2D eigenvalue weighted by molar-refractivity contribution is -0.147. The Hall–Kier alpha value is -2.37. The van der Waals surface area contributed by atoms with E-state index in [2.05, 4.69) is 5.32 Å². The molecule has 1 aromatic rings. The van der Waals surface area contributed by atoms with Crippen molar-refractivity contribution in [3.05, 3.63) is 29.3 Å². The number of benzene rings is 1. The summed E-state index contributed by atoms with van der Waals surface area (Å²) in [4.78, 5) is 34.6. The second kappa shape index (κ2) is 7.06. The van der Waals surface area contributed by atoms with E-state index in [0.717, 1.165) is 5.56 Å². The van der Waals surface area contributed by atoms with Crippen LogP contribution in [0.15, 0.2) is 18.2 Å². The number of rotatable bonds is 6. The van der Waals surface area contributed by atoms with Crippen LogP contribution in [0.2, 0.25) is 0 Å². The number of carbonyl (C=O) groups is 3. The van der Waals surface area contributed by atoms with Gasteiger partial charge in [-0.05, 0) is 32.4 Å². The van der Waals surface area contributed by atoms with Crippen LogP contribution in [0, 0.1) is 0 Å². The molecule has 0 fully saturated rings. The molecule has 0 bridgehead atoms. The van der Waals surface area contributed by atoms with Crippen molar-refractivity contribution in [2.24, 2.45) is 0 Å². The molecule has 1 N–H and O–H groups in total. The first-order chi connectivity index (χ1) is 10.5. The van der Waals surface area contributed by atoms with E-state index in [1.54, 1.807) is 32.0 Å². The van der Waals surface area contributed by atoms with E-state index in [9.17, 15) is 14.4 Å². The highest BCUT2D eigenvalue weighted by Gasteiger charge is 2.21. The van der Waals surface area contributed by atoms with Gasteiger partial charge in [0.25, 0.3) is 0 Å². The smallest absolute Gasteiger partial charge is 0.338 e. The predicted molar refractivity (Wildman–Crippen MR) is 79.3 cm³/mol. The molecule has 118 valence electrons. The van der Waals surface area contributed by atoms with Crippen molar-refractivity contribution in [1.82, 2.24) is 0 Å². The molecule has 1 aliphatic rings. The molecule has 0 saturated heterocycles. The molecule has 0 atom stereocenters. The van der Waals surface area contributed by atoms with Crippen LogP contribution >= 0.6 is 0 Å². The zero-order valence-electron chi connectivity index (χ0n) is 12.7. The molecular formula is C16H19NO5. The first kappa shape index (κ1) is 16.0. The topological polar surface area (TPSA) is 81.7 Å². The van der Waals surface area contributed by atoms with E-state index in [-0.39, 0.29) is 43.4 Å². The fourth-order valence-electron chi connectivity index (χ4n) is 2.13. The lowest BCUT2D eigenvalue weighted by atomic mass is 10.1. The fraction of sp³-hybridized carbons (Fsp3) is 0.438. The van der Waals surface area contributed by atoms with Gasteiger partial charge in [-0.15, -0.1) is 0 Å². The molecule has 0 aromatic heterocycles. The third-order valence-corrected chi connectivity index (χ3v) is 3.12. The summed E-state index contributed by atoms with van der Waals surface area (Å²) < 4.78 is 9.89. The van der Waals surface area contributed by atoms with Crippen molar-refractivity contribution in [3.8, 4) is 0 Å². The second-order valence-corrected chi connectivity index (χ2v) is 5.39. The summed E-state index contributed by atoms with van der Waals surface area (Å²) in [5.74, 6) is -0.880. The van der Waals surface area contributed by atoms with Gasteiger partial charge in [-0.3, -0.25) is 9.59 Å². The Kier molecular flexibility index (Phi) is 5.14. The zero-order chi connectivity index (χ0) is 16.1. The first-order valence-electron chi connectivity index (χ1n) is 7.25. The van der Waals surface area contributed by atoms with Gasteiger partial charge in [0, 0.05) is 24.1 Å². The van der Waals surface area contributed by atoms with Gasteiger partial charge in [0.2, 0.25) is 5.91 Å². The van der Waals surface area contributed by atoms with Crippen LogP contribution < -0.4 is 5.32 Å². The van der Waals surface area contributed by atoms with Gasteiger partial charge < -0.3 is 14.8 Å². The highest BCUT2D eigenvalue weighted by molar-refractivity contribution is 5.97. The van der Waals surface area contributed by atoms with Gasteiger partial charge in [-0.25, -0.2) is 4.79 Å². The molecule has 0 spiro atoms. The summed E-state index contributed by atoms with van der Waals surface area (Å²) in [7, 11) is 0. The van der Waals surface area contributed by atoms with Gasteiger partial charge in [-0.2, -0.15) is 0 Å². The highest BCUT2D eigenvalue weighted by atomic mass is 16.5. The minimum absolute atomic E-state index is 0.146. The standard InChI is InChI=1S/C16H19NO5/c1-10(2)22-15(19)5-3-4-14(18)17-12-7-6-11-9-21-16(20)13(11)8-12/h6-8,10H,3-5,9H2,1-2H3,(H,17,18). The van der Waals surface area contributed by atoms with Crippen molar-refractivity contribution in [3.63, 3.8) is 0 Å². The molecule has 1 aliphatic heterocycles. The van der Waals surface area contributed by atoms with Crippen molar-refractivity contribution in [1.29, 1.82) is 0 Å². The Morgan fingerprint density at radius 2 is 2.09 bits per heavy atom. The number of amides is 1. The van der Waals surface area contributed by atoms with Crippen LogP contribution in [0.5, 0.6) is 0 Å². The van der Waals surface area contributed by atoms with E-state index in [1.165, 1.54) is 0 Å². The quantitative estimate of drug-likeness (QED) is 0.816. The number of cyclic esters (lactones) is 1. The zero-order valence-corrected chi connectivity index (χ0v) is 12.7. The molecule has 0 radical (unpaired) electrons. The van der Waals surface area contributed by atoms with E-state index >= 15 is 0 Å². The molecule has 0 saturated carbocycles. The predicted octanol–water partition coefficient (Wildman–Crippen LogP) is 2.42. The van der Waals surface area contributed by atoms with Gasteiger partial charge in [0.05, 0.1) is 11.7 Å². The minimum Gasteiger partial charge on any atom is -0.463 e. The number of hydrogen-bond acceptors (Lipinski definition) is 5. The van der Waals surface area contributed by atoms with Crippen LogP contribution in [0.25, 0.3) is 0 Å². The molecule has 22 heavy (non-hydrogen) atoms. The number of carbonyl (C=O) groups excluding carboxylic acids is 3. The summed E-state index contributed by atoms with van der Waals surface area (Å²) in [6.45, 7) is 3.84. The second-order valence-electron chi connectivity index (χ2n) is 5.39. The van der Waals surface area contributed by atoms with Gasteiger partial charge in [-0.1, -0.05) is 6.07 Å². The summed E-state index contributed by atoms with van der Waals surface area (Å²) in [6.07, 6.45) is 0.703. The molecule has 6 heteroatoms. The van der Waals surface area contributed by atoms with Crippen molar-refractivity contribution in [2.45, 2.75) is 45.8 Å². The monoisotopic (exact) mass is 305 g/mol. The van der Waals surface area contributed by atoms with E-state index in [0.29, 0.717) is 17.7 Å². The van der Waals surface area contributed by atoms with Crippen LogP contribution in [0.1, 0.15) is 49.0 Å². The third-order valence-electron chi connectivity index (χ3n) is 3.12.